The number of aromatic amines is 1. The summed E-state index contributed by atoms with van der Waals surface area (Å²) >= 11 is 0. The highest BCUT2D eigenvalue weighted by atomic mass is 16.5. The van der Waals surface area contributed by atoms with Crippen LogP contribution in [0.5, 0.6) is 0 Å². The first-order valence-corrected chi connectivity index (χ1v) is 8.12. The summed E-state index contributed by atoms with van der Waals surface area (Å²) in [5, 5.41) is 22.1. The minimum atomic E-state index is -0.853. The second-order valence-electron chi connectivity index (χ2n) is 6.02. The first-order valence-electron chi connectivity index (χ1n) is 8.12. The van der Waals surface area contributed by atoms with Crippen LogP contribution in [0.4, 0.5) is 0 Å². The minimum Gasteiger partial charge on any atom is -0.394 e. The zero-order valence-electron chi connectivity index (χ0n) is 13.6. The van der Waals surface area contributed by atoms with Crippen LogP contribution in [0.2, 0.25) is 0 Å². The molecule has 0 bridgehead atoms. The third-order valence-electron chi connectivity index (χ3n) is 4.22. The van der Waals surface area contributed by atoms with Gasteiger partial charge < -0.3 is 20.3 Å². The summed E-state index contributed by atoms with van der Waals surface area (Å²) in [4.78, 5) is 26.3. The molecule has 134 valence electrons. The van der Waals surface area contributed by atoms with E-state index >= 15 is 0 Å². The van der Waals surface area contributed by atoms with Gasteiger partial charge in [0.1, 0.15) is 12.3 Å². The lowest BCUT2D eigenvalue weighted by molar-refractivity contribution is -0.0460. The van der Waals surface area contributed by atoms with E-state index in [1.807, 2.05) is 30.3 Å². The van der Waals surface area contributed by atoms with Crippen molar-refractivity contribution in [1.29, 1.82) is 0 Å². The molecule has 0 spiro atoms. The summed E-state index contributed by atoms with van der Waals surface area (Å²) < 4.78 is 6.73. The van der Waals surface area contributed by atoms with Crippen molar-refractivity contribution in [3.8, 4) is 0 Å². The Morgan fingerprint density at radius 1 is 1.24 bits per heavy atom. The van der Waals surface area contributed by atoms with Crippen molar-refractivity contribution in [2.24, 2.45) is 0 Å². The topological polar surface area (TPSA) is 117 Å². The van der Waals surface area contributed by atoms with E-state index in [0.717, 1.165) is 5.56 Å². The molecule has 2 heterocycles. The molecule has 4 N–H and O–H groups in total. The fourth-order valence-electron chi connectivity index (χ4n) is 2.85. The zero-order chi connectivity index (χ0) is 17.8. The van der Waals surface area contributed by atoms with Crippen LogP contribution in [0, 0.1) is 0 Å². The number of aliphatic hydroxyl groups is 2. The number of hydrogen-bond donors (Lipinski definition) is 4. The van der Waals surface area contributed by atoms with Gasteiger partial charge in [-0.3, -0.25) is 14.3 Å². The maximum Gasteiger partial charge on any atom is 0.330 e. The number of hydrogen-bond acceptors (Lipinski definition) is 6. The molecule has 1 aliphatic heterocycles. The second-order valence-corrected chi connectivity index (χ2v) is 6.02. The van der Waals surface area contributed by atoms with Gasteiger partial charge in [0.2, 0.25) is 0 Å². The standard InChI is InChI=1S/C17H21N3O5/c21-10-14-13(22)6-15(25-14)20-9-12(16(23)19-17(20)24)8-18-7-11-4-2-1-3-5-11/h1-5,9,13-15,18,21-22H,6-8,10H2,(H,19,23,24)/t13-,14+,15+/m0/s1. The number of nitrogens with one attached hydrogen (secondary N) is 2. The molecule has 1 saturated heterocycles. The van der Waals surface area contributed by atoms with Crippen molar-refractivity contribution in [2.45, 2.75) is 37.9 Å². The van der Waals surface area contributed by atoms with Gasteiger partial charge in [0, 0.05) is 31.3 Å². The summed E-state index contributed by atoms with van der Waals surface area (Å²) in [5.74, 6) is 0. The van der Waals surface area contributed by atoms with Crippen LogP contribution in [-0.4, -0.2) is 38.6 Å². The van der Waals surface area contributed by atoms with E-state index in [1.165, 1.54) is 10.8 Å². The van der Waals surface area contributed by atoms with Gasteiger partial charge in [-0.1, -0.05) is 30.3 Å². The number of ether oxygens (including phenoxy) is 1. The third kappa shape index (κ3) is 4.05. The summed E-state index contributed by atoms with van der Waals surface area (Å²) in [5.41, 5.74) is 0.410. The summed E-state index contributed by atoms with van der Waals surface area (Å²) in [6.45, 7) is 0.537. The lowest BCUT2D eigenvalue weighted by Gasteiger charge is -2.15. The normalized spacial score (nSPS) is 23.0. The third-order valence-corrected chi connectivity index (χ3v) is 4.22. The Bertz CT molecular complexity index is 817. The van der Waals surface area contributed by atoms with Crippen LogP contribution in [0.25, 0.3) is 0 Å². The van der Waals surface area contributed by atoms with Crippen molar-refractivity contribution in [1.82, 2.24) is 14.9 Å². The van der Waals surface area contributed by atoms with Crippen molar-refractivity contribution in [2.75, 3.05) is 6.61 Å². The molecule has 0 unspecified atom stereocenters. The molecular weight excluding hydrogens is 326 g/mol. The summed E-state index contributed by atoms with van der Waals surface area (Å²) in [7, 11) is 0. The number of benzene rings is 1. The fraction of sp³-hybridized carbons (Fsp3) is 0.412. The molecule has 1 aliphatic rings. The monoisotopic (exact) mass is 347 g/mol. The SMILES string of the molecule is O=c1[nH]c(=O)n([C@H]2C[C@H](O)[C@@H](CO)O2)cc1CNCc1ccccc1. The molecule has 8 nitrogen and oxygen atoms in total. The van der Waals surface area contributed by atoms with E-state index in [-0.39, 0.29) is 19.6 Å². The lowest BCUT2D eigenvalue weighted by Crippen LogP contribution is -2.35. The van der Waals surface area contributed by atoms with Crippen molar-refractivity contribution in [3.05, 3.63) is 68.5 Å². The average Bonchev–Trinajstić information content (AvgIpc) is 2.98. The summed E-state index contributed by atoms with van der Waals surface area (Å²) in [6, 6.07) is 9.75. The lowest BCUT2D eigenvalue weighted by atomic mass is 10.2. The number of nitrogens with zero attached hydrogens (tertiary/aromatic N) is 1. The number of rotatable bonds is 6. The molecular formula is C17H21N3O5. The number of H-pyrrole nitrogens is 1. The Morgan fingerprint density at radius 3 is 2.68 bits per heavy atom. The molecule has 25 heavy (non-hydrogen) atoms. The highest BCUT2D eigenvalue weighted by Gasteiger charge is 2.35. The Kier molecular flexibility index (Phi) is 5.44. The molecule has 0 amide bonds. The van der Waals surface area contributed by atoms with Gasteiger partial charge in [0.15, 0.2) is 0 Å². The molecule has 1 fully saturated rings. The average molecular weight is 347 g/mol. The van der Waals surface area contributed by atoms with Crippen LogP contribution in [0.15, 0.2) is 46.1 Å². The van der Waals surface area contributed by atoms with E-state index in [0.29, 0.717) is 12.1 Å². The van der Waals surface area contributed by atoms with Gasteiger partial charge in [0.05, 0.1) is 12.7 Å². The van der Waals surface area contributed by atoms with Gasteiger partial charge in [-0.2, -0.15) is 0 Å². The summed E-state index contributed by atoms with van der Waals surface area (Å²) in [6.07, 6.45) is -0.689. The van der Waals surface area contributed by atoms with E-state index < -0.39 is 29.7 Å². The predicted molar refractivity (Wildman–Crippen MR) is 89.9 cm³/mol. The van der Waals surface area contributed by atoms with E-state index in [4.69, 9.17) is 9.84 Å². The minimum absolute atomic E-state index is 0.175. The molecule has 8 heteroatoms. The number of aliphatic hydroxyl groups excluding tert-OH is 2. The first kappa shape index (κ1) is 17.6. The van der Waals surface area contributed by atoms with Crippen LogP contribution < -0.4 is 16.6 Å². The molecule has 0 saturated carbocycles. The molecule has 0 aliphatic carbocycles. The van der Waals surface area contributed by atoms with Gasteiger partial charge >= 0.3 is 5.69 Å². The second kappa shape index (κ2) is 7.75. The largest absolute Gasteiger partial charge is 0.394 e. The van der Waals surface area contributed by atoms with Gasteiger partial charge in [-0.15, -0.1) is 0 Å². The Morgan fingerprint density at radius 2 is 2.00 bits per heavy atom. The van der Waals surface area contributed by atoms with Crippen LogP contribution in [0.3, 0.4) is 0 Å². The maximum absolute atomic E-state index is 12.0. The smallest absolute Gasteiger partial charge is 0.330 e. The predicted octanol–water partition coefficient (Wildman–Crippen LogP) is -0.533. The zero-order valence-corrected chi connectivity index (χ0v) is 13.6. The van der Waals surface area contributed by atoms with Crippen LogP contribution in [-0.2, 0) is 17.8 Å². The first-order chi connectivity index (χ1) is 12.1. The van der Waals surface area contributed by atoms with Crippen LogP contribution >= 0.6 is 0 Å². The fourth-order valence-corrected chi connectivity index (χ4v) is 2.85. The number of aromatic nitrogens is 2. The molecule has 0 radical (unpaired) electrons. The molecule has 3 atom stereocenters. The van der Waals surface area contributed by atoms with Crippen molar-refractivity contribution in [3.63, 3.8) is 0 Å². The van der Waals surface area contributed by atoms with E-state index in [2.05, 4.69) is 10.3 Å². The van der Waals surface area contributed by atoms with E-state index in [9.17, 15) is 14.7 Å². The highest BCUT2D eigenvalue weighted by molar-refractivity contribution is 5.14. The molecule has 1 aromatic carbocycles. The molecule has 3 rings (SSSR count). The van der Waals surface area contributed by atoms with Crippen molar-refractivity contribution < 1.29 is 14.9 Å². The Balaban J connectivity index is 1.72. The quantitative estimate of drug-likeness (QED) is 0.558. The van der Waals surface area contributed by atoms with Gasteiger partial charge in [0.25, 0.3) is 5.56 Å². The highest BCUT2D eigenvalue weighted by Crippen LogP contribution is 2.27. The Hall–Kier alpha value is -2.26. The Labute approximate surface area is 143 Å². The maximum atomic E-state index is 12.0. The van der Waals surface area contributed by atoms with Gasteiger partial charge in [-0.05, 0) is 5.56 Å². The van der Waals surface area contributed by atoms with Crippen LogP contribution in [0.1, 0.15) is 23.8 Å². The van der Waals surface area contributed by atoms with E-state index in [1.54, 1.807) is 0 Å². The molecule has 2 aromatic rings. The molecule has 1 aromatic heterocycles. The van der Waals surface area contributed by atoms with Gasteiger partial charge in [-0.25, -0.2) is 4.79 Å². The van der Waals surface area contributed by atoms with Crippen molar-refractivity contribution >= 4 is 0 Å².